The van der Waals surface area contributed by atoms with Crippen LogP contribution in [0.2, 0.25) is 0 Å². The standard InChI is InChI=1S/C15H20N6/c1-3-5-13-17-8-10-21(13)15-14-18-7-9-20(14)11-12(19-15)16-6-4-2/h7-11,16H,3-6H2,1-2H3. The summed E-state index contributed by atoms with van der Waals surface area (Å²) in [4.78, 5) is 13.6. The summed E-state index contributed by atoms with van der Waals surface area (Å²) in [6.07, 6.45) is 12.5. The third-order valence-electron chi connectivity index (χ3n) is 3.33. The van der Waals surface area contributed by atoms with Crippen LogP contribution < -0.4 is 5.32 Å². The van der Waals surface area contributed by atoms with E-state index in [4.69, 9.17) is 4.98 Å². The lowest BCUT2D eigenvalue weighted by Crippen LogP contribution is -2.09. The zero-order valence-corrected chi connectivity index (χ0v) is 12.5. The minimum atomic E-state index is 0.821. The van der Waals surface area contributed by atoms with Crippen molar-refractivity contribution in [2.75, 3.05) is 11.9 Å². The zero-order valence-electron chi connectivity index (χ0n) is 12.5. The first-order chi connectivity index (χ1) is 10.3. The van der Waals surface area contributed by atoms with Crippen LogP contribution >= 0.6 is 0 Å². The van der Waals surface area contributed by atoms with E-state index >= 15 is 0 Å². The molecule has 1 N–H and O–H groups in total. The van der Waals surface area contributed by atoms with Crippen molar-refractivity contribution in [2.45, 2.75) is 33.1 Å². The molecule has 3 rings (SSSR count). The lowest BCUT2D eigenvalue weighted by Gasteiger charge is -2.11. The third-order valence-corrected chi connectivity index (χ3v) is 3.33. The fourth-order valence-electron chi connectivity index (χ4n) is 2.35. The maximum Gasteiger partial charge on any atom is 0.184 e. The number of imidazole rings is 2. The Morgan fingerprint density at radius 2 is 1.95 bits per heavy atom. The first-order valence-electron chi connectivity index (χ1n) is 7.43. The molecule has 0 aliphatic carbocycles. The van der Waals surface area contributed by atoms with E-state index in [1.54, 1.807) is 6.20 Å². The van der Waals surface area contributed by atoms with Gasteiger partial charge >= 0.3 is 0 Å². The Labute approximate surface area is 123 Å². The molecular weight excluding hydrogens is 264 g/mol. The molecule has 0 atom stereocenters. The van der Waals surface area contributed by atoms with Crippen molar-refractivity contribution in [3.05, 3.63) is 36.8 Å². The van der Waals surface area contributed by atoms with Crippen molar-refractivity contribution in [1.82, 2.24) is 23.9 Å². The Hall–Kier alpha value is -2.37. The highest BCUT2D eigenvalue weighted by atomic mass is 15.2. The van der Waals surface area contributed by atoms with Crippen molar-refractivity contribution in [2.24, 2.45) is 0 Å². The van der Waals surface area contributed by atoms with Gasteiger partial charge in [-0.05, 0) is 12.8 Å². The largest absolute Gasteiger partial charge is 0.369 e. The minimum absolute atomic E-state index is 0.821. The topological polar surface area (TPSA) is 60.0 Å². The van der Waals surface area contributed by atoms with Gasteiger partial charge in [-0.1, -0.05) is 13.8 Å². The van der Waals surface area contributed by atoms with Gasteiger partial charge in [0.2, 0.25) is 0 Å². The van der Waals surface area contributed by atoms with E-state index in [1.807, 2.05) is 33.8 Å². The van der Waals surface area contributed by atoms with Crippen molar-refractivity contribution >= 4 is 11.5 Å². The predicted molar refractivity (Wildman–Crippen MR) is 82.9 cm³/mol. The van der Waals surface area contributed by atoms with E-state index in [1.165, 1.54) is 0 Å². The van der Waals surface area contributed by atoms with Crippen molar-refractivity contribution in [3.63, 3.8) is 0 Å². The smallest absolute Gasteiger partial charge is 0.184 e. The van der Waals surface area contributed by atoms with E-state index in [2.05, 4.69) is 29.1 Å². The van der Waals surface area contributed by atoms with Crippen LogP contribution in [0.1, 0.15) is 32.5 Å². The van der Waals surface area contributed by atoms with Gasteiger partial charge in [-0.2, -0.15) is 0 Å². The Morgan fingerprint density at radius 1 is 1.10 bits per heavy atom. The summed E-state index contributed by atoms with van der Waals surface area (Å²) in [6, 6.07) is 0. The average molecular weight is 284 g/mol. The second-order valence-corrected chi connectivity index (χ2v) is 5.00. The van der Waals surface area contributed by atoms with Gasteiger partial charge in [0.15, 0.2) is 11.5 Å². The van der Waals surface area contributed by atoms with Gasteiger partial charge < -0.3 is 9.72 Å². The Balaban J connectivity index is 2.10. The molecule has 0 aromatic carbocycles. The molecule has 0 aliphatic rings. The van der Waals surface area contributed by atoms with Gasteiger partial charge in [0.05, 0.1) is 6.20 Å². The fourth-order valence-corrected chi connectivity index (χ4v) is 2.35. The predicted octanol–water partition coefficient (Wildman–Crippen LogP) is 2.69. The van der Waals surface area contributed by atoms with Crippen LogP contribution in [-0.4, -0.2) is 30.5 Å². The van der Waals surface area contributed by atoms with Gasteiger partial charge in [0.1, 0.15) is 11.6 Å². The molecule has 0 unspecified atom stereocenters. The van der Waals surface area contributed by atoms with E-state index in [0.717, 1.165) is 48.9 Å². The van der Waals surface area contributed by atoms with Gasteiger partial charge in [-0.25, -0.2) is 15.0 Å². The molecule has 3 heterocycles. The van der Waals surface area contributed by atoms with Crippen LogP contribution in [0.4, 0.5) is 5.82 Å². The van der Waals surface area contributed by atoms with Crippen molar-refractivity contribution in [1.29, 1.82) is 0 Å². The lowest BCUT2D eigenvalue weighted by atomic mass is 10.3. The summed E-state index contributed by atoms with van der Waals surface area (Å²) in [5.41, 5.74) is 0.840. The van der Waals surface area contributed by atoms with Gasteiger partial charge in [-0.3, -0.25) is 4.57 Å². The summed E-state index contributed by atoms with van der Waals surface area (Å²) in [5, 5.41) is 3.34. The minimum Gasteiger partial charge on any atom is -0.369 e. The maximum atomic E-state index is 4.72. The van der Waals surface area contributed by atoms with Crippen molar-refractivity contribution in [3.8, 4) is 5.82 Å². The van der Waals surface area contributed by atoms with Crippen LogP contribution in [0.3, 0.4) is 0 Å². The van der Waals surface area contributed by atoms with Crippen LogP contribution in [0.5, 0.6) is 0 Å². The molecule has 6 heteroatoms. The molecule has 0 fully saturated rings. The van der Waals surface area contributed by atoms with Gasteiger partial charge in [0.25, 0.3) is 0 Å². The molecule has 0 amide bonds. The first kappa shape index (κ1) is 13.6. The van der Waals surface area contributed by atoms with E-state index in [0.29, 0.717) is 0 Å². The number of rotatable bonds is 6. The summed E-state index contributed by atoms with van der Waals surface area (Å²) < 4.78 is 4.03. The molecule has 3 aromatic rings. The summed E-state index contributed by atoms with van der Waals surface area (Å²) in [5.74, 6) is 2.69. The number of aromatic nitrogens is 5. The van der Waals surface area contributed by atoms with Crippen molar-refractivity contribution < 1.29 is 0 Å². The summed E-state index contributed by atoms with van der Waals surface area (Å²) >= 11 is 0. The first-order valence-corrected chi connectivity index (χ1v) is 7.43. The normalized spacial score (nSPS) is 11.1. The van der Waals surface area contributed by atoms with E-state index in [-0.39, 0.29) is 0 Å². The molecule has 0 bridgehead atoms. The Kier molecular flexibility index (Phi) is 3.85. The molecule has 0 spiro atoms. The highest BCUT2D eigenvalue weighted by Gasteiger charge is 2.12. The molecule has 0 saturated carbocycles. The quantitative estimate of drug-likeness (QED) is 0.756. The van der Waals surface area contributed by atoms with Crippen LogP contribution in [-0.2, 0) is 6.42 Å². The number of anilines is 1. The highest BCUT2D eigenvalue weighted by Crippen LogP contribution is 2.18. The average Bonchev–Trinajstić information content (AvgIpc) is 3.13. The summed E-state index contributed by atoms with van der Waals surface area (Å²) in [7, 11) is 0. The molecular formula is C15H20N6. The van der Waals surface area contributed by atoms with Gasteiger partial charge in [-0.15, -0.1) is 0 Å². The zero-order chi connectivity index (χ0) is 14.7. The number of nitrogens with one attached hydrogen (secondary N) is 1. The Bertz CT molecular complexity index is 727. The molecule has 6 nitrogen and oxygen atoms in total. The van der Waals surface area contributed by atoms with Crippen LogP contribution in [0.25, 0.3) is 11.5 Å². The van der Waals surface area contributed by atoms with E-state index < -0.39 is 0 Å². The number of aryl methyl sites for hydroxylation is 1. The second kappa shape index (κ2) is 5.95. The number of fused-ring (bicyclic) bond motifs is 1. The SMILES string of the molecule is CCCNc1cn2ccnc2c(-n2ccnc2CCC)n1. The maximum absolute atomic E-state index is 4.72. The molecule has 21 heavy (non-hydrogen) atoms. The number of nitrogens with zero attached hydrogens (tertiary/aromatic N) is 5. The molecule has 0 saturated heterocycles. The lowest BCUT2D eigenvalue weighted by molar-refractivity contribution is 0.796. The molecule has 3 aromatic heterocycles. The molecule has 0 radical (unpaired) electrons. The Morgan fingerprint density at radius 3 is 2.76 bits per heavy atom. The fraction of sp³-hybridized carbons (Fsp3) is 0.400. The molecule has 0 aliphatic heterocycles. The monoisotopic (exact) mass is 284 g/mol. The van der Waals surface area contributed by atoms with Crippen LogP contribution in [0.15, 0.2) is 31.0 Å². The molecule has 110 valence electrons. The van der Waals surface area contributed by atoms with Crippen LogP contribution in [0, 0.1) is 0 Å². The highest BCUT2D eigenvalue weighted by molar-refractivity contribution is 5.58. The number of hydrogen-bond donors (Lipinski definition) is 1. The van der Waals surface area contributed by atoms with E-state index in [9.17, 15) is 0 Å². The second-order valence-electron chi connectivity index (χ2n) is 5.00. The van der Waals surface area contributed by atoms with Gasteiger partial charge in [0, 0.05) is 37.8 Å². The third kappa shape index (κ3) is 2.61. The summed E-state index contributed by atoms with van der Waals surface area (Å²) in [6.45, 7) is 5.19. The number of hydrogen-bond acceptors (Lipinski definition) is 4.